The highest BCUT2D eigenvalue weighted by atomic mass is 32.1. The Kier molecular flexibility index (Phi) is 7.03. The first-order valence-corrected chi connectivity index (χ1v) is 9.17. The van der Waals surface area contributed by atoms with Crippen LogP contribution in [0.2, 0.25) is 0 Å². The Morgan fingerprint density at radius 1 is 0.962 bits per heavy atom. The van der Waals surface area contributed by atoms with Crippen molar-refractivity contribution in [3.05, 3.63) is 51.0 Å². The van der Waals surface area contributed by atoms with Gasteiger partial charge in [-0.3, -0.25) is 4.79 Å². The molecule has 0 spiro atoms. The summed E-state index contributed by atoms with van der Waals surface area (Å²) in [4.78, 5) is 40.4. The molecule has 1 aromatic carbocycles. The molecule has 0 aliphatic heterocycles. The SMILES string of the molecule is CCOC(=O)c1ccc(CC(=O)Cc2nc(C)c(C(=O)OCC)s2)cc1. The molecule has 1 aromatic heterocycles. The van der Waals surface area contributed by atoms with Crippen LogP contribution in [0.15, 0.2) is 24.3 Å². The summed E-state index contributed by atoms with van der Waals surface area (Å²) < 4.78 is 9.91. The lowest BCUT2D eigenvalue weighted by Gasteiger charge is -2.03. The maximum Gasteiger partial charge on any atom is 0.350 e. The van der Waals surface area contributed by atoms with Gasteiger partial charge in [-0.05, 0) is 38.5 Å². The monoisotopic (exact) mass is 375 g/mol. The minimum atomic E-state index is -0.407. The fourth-order valence-electron chi connectivity index (χ4n) is 2.35. The molecule has 0 fully saturated rings. The van der Waals surface area contributed by atoms with Gasteiger partial charge in [-0.1, -0.05) is 12.1 Å². The smallest absolute Gasteiger partial charge is 0.350 e. The topological polar surface area (TPSA) is 82.6 Å². The van der Waals surface area contributed by atoms with Crippen molar-refractivity contribution in [3.8, 4) is 0 Å². The average Bonchev–Trinajstić information content (AvgIpc) is 2.96. The summed E-state index contributed by atoms with van der Waals surface area (Å²) in [5, 5.41) is 0.596. The van der Waals surface area contributed by atoms with E-state index < -0.39 is 5.97 Å². The van der Waals surface area contributed by atoms with Gasteiger partial charge in [-0.25, -0.2) is 14.6 Å². The summed E-state index contributed by atoms with van der Waals surface area (Å²) in [6.07, 6.45) is 0.390. The summed E-state index contributed by atoms with van der Waals surface area (Å²) >= 11 is 1.19. The van der Waals surface area contributed by atoms with Gasteiger partial charge >= 0.3 is 11.9 Å². The number of Topliss-reactive ketones (excluding diaryl/α,β-unsaturated/α-hetero) is 1. The number of aromatic nitrogens is 1. The van der Waals surface area contributed by atoms with Crippen LogP contribution in [0.25, 0.3) is 0 Å². The predicted molar refractivity (Wildman–Crippen MR) is 97.6 cm³/mol. The van der Waals surface area contributed by atoms with Crippen LogP contribution in [0.1, 0.15) is 50.1 Å². The van der Waals surface area contributed by atoms with Crippen molar-refractivity contribution >= 4 is 29.1 Å². The van der Waals surface area contributed by atoms with Gasteiger partial charge in [0.25, 0.3) is 0 Å². The van der Waals surface area contributed by atoms with Crippen LogP contribution in [0.4, 0.5) is 0 Å². The number of ether oxygens (including phenoxy) is 2. The molecule has 0 N–H and O–H groups in total. The zero-order valence-corrected chi connectivity index (χ0v) is 15.9. The average molecular weight is 375 g/mol. The van der Waals surface area contributed by atoms with Crippen LogP contribution in [0.3, 0.4) is 0 Å². The number of benzene rings is 1. The molecule has 0 radical (unpaired) electrons. The Morgan fingerprint density at radius 2 is 1.58 bits per heavy atom. The predicted octanol–water partition coefficient (Wildman–Crippen LogP) is 3.16. The van der Waals surface area contributed by atoms with E-state index in [1.165, 1.54) is 11.3 Å². The molecule has 138 valence electrons. The number of thiazole rings is 1. The number of ketones is 1. The maximum atomic E-state index is 12.3. The van der Waals surface area contributed by atoms with E-state index in [2.05, 4.69) is 4.98 Å². The standard InChI is InChI=1S/C19H21NO5S/c1-4-24-18(22)14-8-6-13(7-9-14)10-15(21)11-16-20-12(3)17(26-16)19(23)25-5-2/h6-9H,4-5,10-11H2,1-3H3. The molecule has 0 amide bonds. The third-order valence-corrected chi connectivity index (χ3v) is 4.65. The maximum absolute atomic E-state index is 12.3. The van der Waals surface area contributed by atoms with Crippen molar-refractivity contribution in [2.75, 3.05) is 13.2 Å². The number of rotatable bonds is 8. The molecule has 0 atom stereocenters. The van der Waals surface area contributed by atoms with Crippen molar-refractivity contribution < 1.29 is 23.9 Å². The Hall–Kier alpha value is -2.54. The van der Waals surface area contributed by atoms with E-state index >= 15 is 0 Å². The van der Waals surface area contributed by atoms with Gasteiger partial charge in [0.15, 0.2) is 0 Å². The summed E-state index contributed by atoms with van der Waals surface area (Å²) in [5.41, 5.74) is 1.84. The molecule has 0 unspecified atom stereocenters. The fourth-order valence-corrected chi connectivity index (χ4v) is 3.33. The lowest BCUT2D eigenvalue weighted by Crippen LogP contribution is -2.08. The summed E-state index contributed by atoms with van der Waals surface area (Å²) in [5.74, 6) is -0.802. The largest absolute Gasteiger partial charge is 0.462 e. The van der Waals surface area contributed by atoms with Gasteiger partial charge < -0.3 is 9.47 Å². The molecule has 2 aromatic rings. The van der Waals surface area contributed by atoms with Crippen LogP contribution in [-0.2, 0) is 27.1 Å². The summed E-state index contributed by atoms with van der Waals surface area (Å²) in [7, 11) is 0. The third kappa shape index (κ3) is 5.23. The van der Waals surface area contributed by atoms with Crippen LogP contribution in [-0.4, -0.2) is 35.9 Å². The highest BCUT2D eigenvalue weighted by Gasteiger charge is 2.18. The molecule has 0 aliphatic rings. The van der Waals surface area contributed by atoms with Gasteiger partial charge in [-0.15, -0.1) is 11.3 Å². The van der Waals surface area contributed by atoms with Crippen molar-refractivity contribution in [1.82, 2.24) is 4.98 Å². The first-order valence-electron chi connectivity index (χ1n) is 8.35. The van der Waals surface area contributed by atoms with E-state index in [0.29, 0.717) is 34.4 Å². The number of hydrogen-bond acceptors (Lipinski definition) is 7. The number of carbonyl (C=O) groups is 3. The molecule has 6 nitrogen and oxygen atoms in total. The van der Waals surface area contributed by atoms with Gasteiger partial charge in [-0.2, -0.15) is 0 Å². The Labute approximate surface area is 156 Å². The molecule has 0 bridgehead atoms. The lowest BCUT2D eigenvalue weighted by molar-refractivity contribution is -0.117. The highest BCUT2D eigenvalue weighted by molar-refractivity contribution is 7.13. The zero-order valence-electron chi connectivity index (χ0n) is 15.0. The first-order chi connectivity index (χ1) is 12.4. The fraction of sp³-hybridized carbons (Fsp3) is 0.368. The minimum Gasteiger partial charge on any atom is -0.462 e. The number of carbonyl (C=O) groups excluding carboxylic acids is 3. The lowest BCUT2D eigenvalue weighted by atomic mass is 10.1. The zero-order chi connectivity index (χ0) is 19.1. The van der Waals surface area contributed by atoms with Crippen LogP contribution >= 0.6 is 11.3 Å². The molecule has 2 rings (SSSR count). The minimum absolute atomic E-state index is 0.0157. The van der Waals surface area contributed by atoms with Crippen molar-refractivity contribution in [2.45, 2.75) is 33.6 Å². The Morgan fingerprint density at radius 3 is 2.19 bits per heavy atom. The molecule has 0 saturated heterocycles. The van der Waals surface area contributed by atoms with Crippen molar-refractivity contribution in [2.24, 2.45) is 0 Å². The van der Waals surface area contributed by atoms with E-state index in [9.17, 15) is 14.4 Å². The summed E-state index contributed by atoms with van der Waals surface area (Å²) in [6.45, 7) is 5.84. The first kappa shape index (κ1) is 19.8. The molecular weight excluding hydrogens is 354 g/mol. The number of esters is 2. The van der Waals surface area contributed by atoms with Gasteiger partial charge in [0.1, 0.15) is 15.7 Å². The van der Waals surface area contributed by atoms with Crippen LogP contribution in [0, 0.1) is 6.92 Å². The van der Waals surface area contributed by atoms with E-state index in [1.807, 2.05) is 0 Å². The molecule has 7 heteroatoms. The van der Waals surface area contributed by atoms with Crippen molar-refractivity contribution in [3.63, 3.8) is 0 Å². The second-order valence-corrected chi connectivity index (χ2v) is 6.64. The normalized spacial score (nSPS) is 10.4. The quantitative estimate of drug-likeness (QED) is 0.659. The van der Waals surface area contributed by atoms with E-state index in [-0.39, 0.29) is 24.6 Å². The van der Waals surface area contributed by atoms with Gasteiger partial charge in [0.2, 0.25) is 0 Å². The molecule has 26 heavy (non-hydrogen) atoms. The molecule has 1 heterocycles. The highest BCUT2D eigenvalue weighted by Crippen LogP contribution is 2.20. The number of aryl methyl sites for hydroxylation is 1. The third-order valence-electron chi connectivity index (χ3n) is 3.52. The van der Waals surface area contributed by atoms with Crippen molar-refractivity contribution in [1.29, 1.82) is 0 Å². The number of nitrogens with zero attached hydrogens (tertiary/aromatic N) is 1. The van der Waals surface area contributed by atoms with E-state index in [4.69, 9.17) is 9.47 Å². The van der Waals surface area contributed by atoms with Crippen LogP contribution < -0.4 is 0 Å². The Balaban J connectivity index is 1.97. The second-order valence-electron chi connectivity index (χ2n) is 5.55. The van der Waals surface area contributed by atoms with Gasteiger partial charge in [0, 0.05) is 6.42 Å². The Bertz CT molecular complexity index is 795. The van der Waals surface area contributed by atoms with Crippen LogP contribution in [0.5, 0.6) is 0 Å². The molecular formula is C19H21NO5S. The summed E-state index contributed by atoms with van der Waals surface area (Å²) in [6, 6.07) is 6.77. The molecule has 0 saturated carbocycles. The second kappa shape index (κ2) is 9.24. The van der Waals surface area contributed by atoms with E-state index in [0.717, 1.165) is 5.56 Å². The number of hydrogen-bond donors (Lipinski definition) is 0. The van der Waals surface area contributed by atoms with E-state index in [1.54, 1.807) is 45.0 Å². The van der Waals surface area contributed by atoms with Gasteiger partial charge in [0.05, 0.1) is 30.9 Å². The molecule has 0 aliphatic carbocycles.